The number of anilines is 3. The summed E-state index contributed by atoms with van der Waals surface area (Å²) in [5.41, 5.74) is 1.71. The van der Waals surface area contributed by atoms with Gasteiger partial charge >= 0.3 is 0 Å². The SMILES string of the molecule is C[N+](C)(C)CCCOc1nnc(-c2cc(Cl)ccc2F)cc1Nc1ccnc(NC(=O)C2CC2)c1.[Cl-]. The van der Waals surface area contributed by atoms with Crippen molar-refractivity contribution >= 4 is 34.7 Å². The first kappa shape index (κ1) is 27.6. The van der Waals surface area contributed by atoms with Crippen molar-refractivity contribution < 1.29 is 30.8 Å². The molecule has 0 spiro atoms. The summed E-state index contributed by atoms with van der Waals surface area (Å²) in [6, 6.07) is 9.42. The monoisotopic (exact) mass is 534 g/mol. The number of aromatic nitrogens is 3. The molecular formula is C25H29Cl2FN6O2. The fourth-order valence-electron chi connectivity index (χ4n) is 3.42. The maximum absolute atomic E-state index is 14.5. The average molecular weight is 535 g/mol. The summed E-state index contributed by atoms with van der Waals surface area (Å²) in [5.74, 6) is 0.318. The molecular weight excluding hydrogens is 506 g/mol. The van der Waals surface area contributed by atoms with Crippen molar-refractivity contribution in [1.82, 2.24) is 15.2 Å². The van der Waals surface area contributed by atoms with Crippen molar-refractivity contribution in [1.29, 1.82) is 0 Å². The quantitative estimate of drug-likeness (QED) is 0.305. The predicted octanol–water partition coefficient (Wildman–Crippen LogP) is 1.90. The number of nitrogens with one attached hydrogen (secondary N) is 2. The molecule has 36 heavy (non-hydrogen) atoms. The van der Waals surface area contributed by atoms with E-state index in [1.165, 1.54) is 18.2 Å². The summed E-state index contributed by atoms with van der Waals surface area (Å²) in [6.45, 7) is 1.37. The second-order valence-electron chi connectivity index (χ2n) is 9.61. The van der Waals surface area contributed by atoms with Crippen LogP contribution in [0.25, 0.3) is 11.3 Å². The summed E-state index contributed by atoms with van der Waals surface area (Å²) < 4.78 is 21.2. The lowest BCUT2D eigenvalue weighted by Gasteiger charge is -2.23. The van der Waals surface area contributed by atoms with Crippen LogP contribution in [0.3, 0.4) is 0 Å². The van der Waals surface area contributed by atoms with Crippen LogP contribution in [0.1, 0.15) is 19.3 Å². The van der Waals surface area contributed by atoms with Gasteiger partial charge in [0.1, 0.15) is 17.3 Å². The number of ether oxygens (including phenoxy) is 1. The van der Waals surface area contributed by atoms with Crippen LogP contribution in [0.4, 0.5) is 21.6 Å². The minimum Gasteiger partial charge on any atom is -1.00 e. The Morgan fingerprint density at radius 2 is 1.94 bits per heavy atom. The first-order valence-corrected chi connectivity index (χ1v) is 11.9. The Labute approximate surface area is 221 Å². The molecule has 2 N–H and O–H groups in total. The molecule has 1 saturated carbocycles. The normalized spacial score (nSPS) is 13.0. The van der Waals surface area contributed by atoms with E-state index in [9.17, 15) is 9.18 Å². The van der Waals surface area contributed by atoms with Crippen LogP contribution in [0.2, 0.25) is 5.02 Å². The molecule has 0 bridgehead atoms. The number of carbonyl (C=O) groups is 1. The minimum absolute atomic E-state index is 0. The summed E-state index contributed by atoms with van der Waals surface area (Å²) in [7, 11) is 6.35. The van der Waals surface area contributed by atoms with Crippen molar-refractivity contribution in [3.05, 3.63) is 53.4 Å². The Balaban J connectivity index is 0.00000361. The van der Waals surface area contributed by atoms with Crippen molar-refractivity contribution in [3.63, 3.8) is 0 Å². The third-order valence-electron chi connectivity index (χ3n) is 5.41. The number of hydrogen-bond acceptors (Lipinski definition) is 6. The second-order valence-corrected chi connectivity index (χ2v) is 10.0. The Morgan fingerprint density at radius 3 is 2.67 bits per heavy atom. The van der Waals surface area contributed by atoms with E-state index < -0.39 is 5.82 Å². The summed E-state index contributed by atoms with van der Waals surface area (Å²) in [5, 5.41) is 14.9. The lowest BCUT2D eigenvalue weighted by molar-refractivity contribution is -0.870. The first-order valence-electron chi connectivity index (χ1n) is 11.5. The Morgan fingerprint density at radius 1 is 1.17 bits per heavy atom. The summed E-state index contributed by atoms with van der Waals surface area (Å²) in [4.78, 5) is 16.3. The highest BCUT2D eigenvalue weighted by atomic mass is 35.5. The number of pyridine rings is 1. The van der Waals surface area contributed by atoms with Gasteiger partial charge < -0.3 is 32.3 Å². The topological polar surface area (TPSA) is 89.0 Å². The molecule has 8 nitrogen and oxygen atoms in total. The van der Waals surface area contributed by atoms with Crippen molar-refractivity contribution in [2.45, 2.75) is 19.3 Å². The molecule has 2 heterocycles. The molecule has 1 aliphatic carbocycles. The molecule has 1 aliphatic rings. The van der Waals surface area contributed by atoms with Crippen LogP contribution in [-0.4, -0.2) is 59.9 Å². The molecule has 4 rings (SSSR count). The predicted molar refractivity (Wildman–Crippen MR) is 134 cm³/mol. The van der Waals surface area contributed by atoms with E-state index in [2.05, 4.69) is 47.0 Å². The van der Waals surface area contributed by atoms with Crippen molar-refractivity contribution in [2.24, 2.45) is 5.92 Å². The smallest absolute Gasteiger partial charge is 0.257 e. The van der Waals surface area contributed by atoms with Gasteiger partial charge in [-0.2, -0.15) is 0 Å². The maximum Gasteiger partial charge on any atom is 0.257 e. The van der Waals surface area contributed by atoms with Crippen molar-refractivity contribution in [2.75, 3.05) is 44.9 Å². The molecule has 0 atom stereocenters. The van der Waals surface area contributed by atoms with Crippen LogP contribution in [0.15, 0.2) is 42.6 Å². The number of halogens is 3. The molecule has 0 unspecified atom stereocenters. The molecule has 0 saturated heterocycles. The lowest BCUT2D eigenvalue weighted by Crippen LogP contribution is -3.00. The van der Waals surface area contributed by atoms with E-state index in [1.807, 2.05) is 0 Å². The third-order valence-corrected chi connectivity index (χ3v) is 5.65. The number of hydrogen-bond donors (Lipinski definition) is 2. The Kier molecular flexibility index (Phi) is 9.05. The van der Waals surface area contributed by atoms with Gasteiger partial charge in [-0.1, -0.05) is 11.6 Å². The maximum atomic E-state index is 14.5. The number of quaternary nitrogens is 1. The van der Waals surface area contributed by atoms with E-state index in [4.69, 9.17) is 16.3 Å². The van der Waals surface area contributed by atoms with Gasteiger partial charge in [0.2, 0.25) is 5.91 Å². The van der Waals surface area contributed by atoms with Gasteiger partial charge in [0.25, 0.3) is 5.88 Å². The van der Waals surface area contributed by atoms with E-state index in [0.717, 1.165) is 30.3 Å². The van der Waals surface area contributed by atoms with Crippen LogP contribution < -0.4 is 27.8 Å². The van der Waals surface area contributed by atoms with E-state index in [-0.39, 0.29) is 35.7 Å². The van der Waals surface area contributed by atoms with Crippen LogP contribution in [0, 0.1) is 11.7 Å². The number of rotatable bonds is 10. The lowest BCUT2D eigenvalue weighted by atomic mass is 10.1. The fourth-order valence-corrected chi connectivity index (χ4v) is 3.59. The van der Waals surface area contributed by atoms with E-state index in [0.29, 0.717) is 34.5 Å². The zero-order valence-electron chi connectivity index (χ0n) is 20.4. The molecule has 1 fully saturated rings. The Hall–Kier alpha value is -3.01. The molecule has 192 valence electrons. The van der Waals surface area contributed by atoms with Crippen molar-refractivity contribution in [3.8, 4) is 17.1 Å². The molecule has 1 aromatic carbocycles. The van der Waals surface area contributed by atoms with Gasteiger partial charge in [0.05, 0.1) is 40.0 Å². The third kappa shape index (κ3) is 7.74. The number of benzene rings is 1. The van der Waals surface area contributed by atoms with Crippen LogP contribution >= 0.6 is 11.6 Å². The largest absolute Gasteiger partial charge is 1.00 e. The zero-order valence-corrected chi connectivity index (χ0v) is 21.9. The van der Waals surface area contributed by atoms with Gasteiger partial charge in [-0.25, -0.2) is 9.37 Å². The fraction of sp³-hybridized carbons (Fsp3) is 0.360. The zero-order chi connectivity index (χ0) is 25.0. The minimum atomic E-state index is -0.458. The Bertz CT molecular complexity index is 1220. The number of amides is 1. The first-order chi connectivity index (χ1) is 16.7. The van der Waals surface area contributed by atoms with Crippen LogP contribution in [0.5, 0.6) is 5.88 Å². The van der Waals surface area contributed by atoms with Crippen LogP contribution in [-0.2, 0) is 4.79 Å². The molecule has 0 aliphatic heterocycles. The summed E-state index contributed by atoms with van der Waals surface area (Å²) in [6.07, 6.45) is 4.23. The number of carbonyl (C=O) groups excluding carboxylic acids is 1. The molecule has 2 aromatic heterocycles. The van der Waals surface area contributed by atoms with Gasteiger partial charge in [0.15, 0.2) is 0 Å². The van der Waals surface area contributed by atoms with E-state index in [1.54, 1.807) is 24.4 Å². The van der Waals surface area contributed by atoms with Gasteiger partial charge in [-0.05, 0) is 43.2 Å². The van der Waals surface area contributed by atoms with Gasteiger partial charge in [-0.15, -0.1) is 10.2 Å². The average Bonchev–Trinajstić information content (AvgIpc) is 3.64. The second kappa shape index (κ2) is 11.8. The van der Waals surface area contributed by atoms with E-state index >= 15 is 0 Å². The van der Waals surface area contributed by atoms with Gasteiger partial charge in [0, 0.05) is 40.9 Å². The molecule has 0 radical (unpaired) electrons. The highest BCUT2D eigenvalue weighted by molar-refractivity contribution is 6.30. The summed E-state index contributed by atoms with van der Waals surface area (Å²) >= 11 is 6.08. The molecule has 3 aromatic rings. The number of nitrogens with zero attached hydrogens (tertiary/aromatic N) is 4. The van der Waals surface area contributed by atoms with Gasteiger partial charge in [-0.3, -0.25) is 4.79 Å². The highest BCUT2D eigenvalue weighted by Gasteiger charge is 2.29. The molecule has 1 amide bonds. The molecule has 11 heteroatoms. The standard InChI is InChI=1S/C25H28ClFN6O2.ClH/c1-33(2,3)11-4-12-35-25-22(15-21(31-32-25)19-13-17(26)7-8-20(19)27)29-18-9-10-28-23(14-18)30-24(34)16-5-6-16;/h7-10,13-16H,4-6,11-12H2,1-3H3,(H-,28,29,30,31,34);1H. The highest BCUT2D eigenvalue weighted by Crippen LogP contribution is 2.33.